The van der Waals surface area contributed by atoms with E-state index in [1.54, 1.807) is 6.08 Å². The van der Waals surface area contributed by atoms with Crippen molar-refractivity contribution in [1.82, 2.24) is 0 Å². The van der Waals surface area contributed by atoms with Gasteiger partial charge in [0.1, 0.15) is 5.73 Å². The molecule has 5 heteroatoms. The van der Waals surface area contributed by atoms with Crippen molar-refractivity contribution in [1.29, 1.82) is 0 Å². The lowest BCUT2D eigenvalue weighted by molar-refractivity contribution is 0.119. The minimum atomic E-state index is -2.86. The Balaban J connectivity index is 2.52. The molecule has 0 aliphatic carbocycles. The van der Waals surface area contributed by atoms with Gasteiger partial charge in [-0.1, -0.05) is 36.4 Å². The summed E-state index contributed by atoms with van der Waals surface area (Å²) in [6.07, 6.45) is 1.54. The maximum absolute atomic E-state index is 5.84. The Kier molecular flexibility index (Phi) is 5.16. The van der Waals surface area contributed by atoms with E-state index < -0.39 is 11.7 Å². The van der Waals surface area contributed by atoms with Gasteiger partial charge in [-0.3, -0.25) is 0 Å². The summed E-state index contributed by atoms with van der Waals surface area (Å²) in [6, 6.07) is 6.87. The van der Waals surface area contributed by atoms with Crippen LogP contribution in [0.15, 0.2) is 43.0 Å². The Bertz CT molecular complexity index is 310. The molecule has 1 aromatic rings. The van der Waals surface area contributed by atoms with Crippen molar-refractivity contribution in [2.75, 3.05) is 0 Å². The third-order valence-electron chi connectivity index (χ3n) is 1.81. The van der Waals surface area contributed by atoms with Crippen LogP contribution in [0.2, 0.25) is 0 Å². The van der Waals surface area contributed by atoms with Gasteiger partial charge in [0, 0.05) is 0 Å². The average molecular weight is 282 g/mol. The summed E-state index contributed by atoms with van der Waals surface area (Å²) in [5, 5.41) is 0. The standard InChI is InChI=1S/C10H11Cl3OSi/c1-2-10(15(11,12)13)14-8-9-6-4-3-5-7-9/h2-7,10H,1,8H2. The smallest absolute Gasteiger partial charge is 0.369 e. The molecule has 0 bridgehead atoms. The highest BCUT2D eigenvalue weighted by Gasteiger charge is 2.35. The van der Waals surface area contributed by atoms with Gasteiger partial charge in [-0.05, 0) is 5.56 Å². The first kappa shape index (κ1) is 13.1. The fourth-order valence-electron chi connectivity index (χ4n) is 1.06. The minimum Gasteiger partial charge on any atom is -0.369 e. The second-order valence-electron chi connectivity index (χ2n) is 2.99. The minimum absolute atomic E-state index is 0.429. The van der Waals surface area contributed by atoms with Gasteiger partial charge in [0.15, 0.2) is 0 Å². The van der Waals surface area contributed by atoms with Gasteiger partial charge >= 0.3 is 6.00 Å². The SMILES string of the molecule is C=CC(OCc1ccccc1)[Si](Cl)(Cl)Cl. The largest absolute Gasteiger partial charge is 0.373 e. The van der Waals surface area contributed by atoms with Crippen LogP contribution in [0.5, 0.6) is 0 Å². The molecule has 0 aliphatic heterocycles. The number of rotatable bonds is 5. The van der Waals surface area contributed by atoms with Crippen LogP contribution in [0.25, 0.3) is 0 Å². The molecule has 1 nitrogen and oxygen atoms in total. The summed E-state index contributed by atoms with van der Waals surface area (Å²) in [5.41, 5.74) is 0.579. The molecule has 82 valence electrons. The number of hydrogen-bond donors (Lipinski definition) is 0. The van der Waals surface area contributed by atoms with Gasteiger partial charge in [-0.25, -0.2) is 0 Å². The van der Waals surface area contributed by atoms with Gasteiger partial charge in [-0.15, -0.1) is 39.8 Å². The topological polar surface area (TPSA) is 9.23 Å². The number of hydrogen-bond acceptors (Lipinski definition) is 1. The van der Waals surface area contributed by atoms with Crippen LogP contribution in [0.4, 0.5) is 0 Å². The highest BCUT2D eigenvalue weighted by Crippen LogP contribution is 2.27. The third-order valence-corrected chi connectivity index (χ3v) is 4.79. The third kappa shape index (κ3) is 4.58. The molecule has 0 N–H and O–H groups in total. The molecule has 0 aliphatic rings. The predicted molar refractivity (Wildman–Crippen MR) is 68.5 cm³/mol. The summed E-state index contributed by atoms with van der Waals surface area (Å²) in [4.78, 5) is 0. The Morgan fingerprint density at radius 1 is 1.27 bits per heavy atom. The summed E-state index contributed by atoms with van der Waals surface area (Å²) >= 11 is 17.5. The molecule has 0 fully saturated rings. The van der Waals surface area contributed by atoms with E-state index in [-0.39, 0.29) is 0 Å². The zero-order valence-electron chi connectivity index (χ0n) is 8.00. The molecular weight excluding hydrogens is 271 g/mol. The van der Waals surface area contributed by atoms with Crippen molar-refractivity contribution in [3.63, 3.8) is 0 Å². The first-order chi connectivity index (χ1) is 7.04. The van der Waals surface area contributed by atoms with Crippen molar-refractivity contribution >= 4 is 39.2 Å². The first-order valence-electron chi connectivity index (χ1n) is 4.39. The van der Waals surface area contributed by atoms with E-state index in [0.29, 0.717) is 6.61 Å². The maximum Gasteiger partial charge on any atom is 0.373 e. The Morgan fingerprint density at radius 3 is 2.33 bits per heavy atom. The van der Waals surface area contributed by atoms with Crippen molar-refractivity contribution in [2.45, 2.75) is 12.3 Å². The zero-order chi connectivity index (χ0) is 11.3. The van der Waals surface area contributed by atoms with E-state index in [9.17, 15) is 0 Å². The Morgan fingerprint density at radius 2 is 1.87 bits per heavy atom. The van der Waals surface area contributed by atoms with Crippen LogP contribution >= 0.6 is 33.2 Å². The van der Waals surface area contributed by atoms with E-state index in [2.05, 4.69) is 6.58 Å². The number of benzene rings is 1. The van der Waals surface area contributed by atoms with E-state index in [1.165, 1.54) is 0 Å². The van der Waals surface area contributed by atoms with E-state index in [0.717, 1.165) is 5.56 Å². The van der Waals surface area contributed by atoms with Crippen LogP contribution in [0, 0.1) is 0 Å². The molecule has 15 heavy (non-hydrogen) atoms. The van der Waals surface area contributed by atoms with Crippen LogP contribution in [-0.4, -0.2) is 11.7 Å². The molecule has 0 saturated heterocycles. The zero-order valence-corrected chi connectivity index (χ0v) is 11.3. The molecule has 1 unspecified atom stereocenters. The van der Waals surface area contributed by atoms with Gasteiger partial charge in [0.25, 0.3) is 0 Å². The van der Waals surface area contributed by atoms with Crippen LogP contribution in [-0.2, 0) is 11.3 Å². The molecule has 0 amide bonds. The molecule has 0 aromatic heterocycles. The summed E-state index contributed by atoms with van der Waals surface area (Å²) in [6.45, 7) is 4.03. The molecule has 0 spiro atoms. The Labute approximate surface area is 105 Å². The quantitative estimate of drug-likeness (QED) is 0.451. The van der Waals surface area contributed by atoms with Crippen LogP contribution in [0.1, 0.15) is 5.56 Å². The van der Waals surface area contributed by atoms with Gasteiger partial charge in [0.2, 0.25) is 0 Å². The molecular formula is C10H11Cl3OSi. The fourth-order valence-corrected chi connectivity index (χ4v) is 2.96. The molecule has 1 atom stereocenters. The van der Waals surface area contributed by atoms with Crippen molar-refractivity contribution in [2.24, 2.45) is 0 Å². The van der Waals surface area contributed by atoms with Crippen LogP contribution < -0.4 is 0 Å². The highest BCUT2D eigenvalue weighted by atomic mass is 35.8. The first-order valence-corrected chi connectivity index (χ1v) is 9.50. The van der Waals surface area contributed by atoms with Crippen LogP contribution in [0.3, 0.4) is 0 Å². The second kappa shape index (κ2) is 5.92. The van der Waals surface area contributed by atoms with Crippen molar-refractivity contribution in [3.05, 3.63) is 48.6 Å². The van der Waals surface area contributed by atoms with Crippen molar-refractivity contribution < 1.29 is 4.74 Å². The average Bonchev–Trinajstić information content (AvgIpc) is 2.18. The lowest BCUT2D eigenvalue weighted by atomic mass is 10.2. The number of ether oxygens (including phenoxy) is 1. The normalized spacial score (nSPS) is 13.5. The molecule has 0 heterocycles. The molecule has 1 rings (SSSR count). The van der Waals surface area contributed by atoms with Gasteiger partial charge < -0.3 is 4.74 Å². The lowest BCUT2D eigenvalue weighted by Crippen LogP contribution is -2.31. The molecule has 1 aromatic carbocycles. The number of halogens is 3. The Hall–Kier alpha value is 0.00688. The van der Waals surface area contributed by atoms with Gasteiger partial charge in [-0.2, -0.15) is 0 Å². The van der Waals surface area contributed by atoms with Crippen molar-refractivity contribution in [3.8, 4) is 0 Å². The van der Waals surface area contributed by atoms with E-state index >= 15 is 0 Å². The molecule has 0 radical (unpaired) electrons. The maximum atomic E-state index is 5.84. The monoisotopic (exact) mass is 280 g/mol. The summed E-state index contributed by atoms with van der Waals surface area (Å²) in [7, 11) is 0. The molecule has 0 saturated carbocycles. The predicted octanol–water partition coefficient (Wildman–Crippen LogP) is 3.95. The highest BCUT2D eigenvalue weighted by molar-refractivity contribution is 7.65. The second-order valence-corrected chi connectivity index (χ2v) is 11.8. The van der Waals surface area contributed by atoms with E-state index in [4.69, 9.17) is 38.0 Å². The fraction of sp³-hybridized carbons (Fsp3) is 0.200. The summed E-state index contributed by atoms with van der Waals surface area (Å²) < 4.78 is 5.49. The summed E-state index contributed by atoms with van der Waals surface area (Å²) in [5.74, 6) is 0. The lowest BCUT2D eigenvalue weighted by Gasteiger charge is -2.18. The van der Waals surface area contributed by atoms with E-state index in [1.807, 2.05) is 30.3 Å². The van der Waals surface area contributed by atoms with Gasteiger partial charge in [0.05, 0.1) is 6.61 Å².